The van der Waals surface area contributed by atoms with Crippen LogP contribution in [0, 0.1) is 11.8 Å². The van der Waals surface area contributed by atoms with Gasteiger partial charge in [0.25, 0.3) is 0 Å². The lowest BCUT2D eigenvalue weighted by molar-refractivity contribution is -0.142. The van der Waals surface area contributed by atoms with Gasteiger partial charge in [-0.1, -0.05) is 17.7 Å². The lowest BCUT2D eigenvalue weighted by Crippen LogP contribution is -2.38. The molecule has 1 heterocycles. The van der Waals surface area contributed by atoms with Crippen LogP contribution in [0.15, 0.2) is 35.4 Å². The van der Waals surface area contributed by atoms with Crippen LogP contribution in [0.4, 0.5) is 5.69 Å². The Kier molecular flexibility index (Phi) is 4.57. The molecule has 126 valence electrons. The van der Waals surface area contributed by atoms with Crippen molar-refractivity contribution in [3.8, 4) is 5.75 Å². The zero-order chi connectivity index (χ0) is 17.3. The Morgan fingerprint density at radius 2 is 1.92 bits per heavy atom. The predicted octanol–water partition coefficient (Wildman–Crippen LogP) is 2.15. The van der Waals surface area contributed by atoms with E-state index in [9.17, 15) is 14.4 Å². The van der Waals surface area contributed by atoms with Gasteiger partial charge in [0, 0.05) is 10.7 Å². The molecule has 7 heteroatoms. The minimum Gasteiger partial charge on any atom is -0.497 e. The average Bonchev–Trinajstić information content (AvgIpc) is 2.80. The molecule has 3 rings (SSSR count). The largest absolute Gasteiger partial charge is 0.497 e. The number of carbonyl (C=O) groups excluding carboxylic acids is 3. The summed E-state index contributed by atoms with van der Waals surface area (Å²) in [5.74, 6) is -1.19. The first-order valence-corrected chi connectivity index (χ1v) is 8.01. The highest BCUT2D eigenvalue weighted by molar-refractivity contribution is 6.30. The number of nitrogens with zero attached hydrogens (tertiary/aromatic N) is 1. The third kappa shape index (κ3) is 3.14. The Morgan fingerprint density at radius 1 is 1.25 bits per heavy atom. The minimum atomic E-state index is -0.441. The van der Waals surface area contributed by atoms with Gasteiger partial charge in [0.2, 0.25) is 17.7 Å². The summed E-state index contributed by atoms with van der Waals surface area (Å²) in [5, 5.41) is 3.27. The molecule has 1 N–H and O–H groups in total. The smallest absolute Gasteiger partial charge is 0.244 e. The van der Waals surface area contributed by atoms with E-state index < -0.39 is 17.7 Å². The fourth-order valence-corrected chi connectivity index (χ4v) is 3.33. The van der Waals surface area contributed by atoms with E-state index in [1.54, 1.807) is 37.5 Å². The Morgan fingerprint density at radius 3 is 2.58 bits per heavy atom. The van der Waals surface area contributed by atoms with Gasteiger partial charge in [-0.05, 0) is 37.1 Å². The van der Waals surface area contributed by atoms with Crippen LogP contribution in [0.1, 0.15) is 12.8 Å². The van der Waals surface area contributed by atoms with E-state index >= 15 is 0 Å². The summed E-state index contributed by atoms with van der Waals surface area (Å²) < 4.78 is 5.05. The summed E-state index contributed by atoms with van der Waals surface area (Å²) in [6.45, 7) is -0.283. The molecule has 1 aromatic carbocycles. The number of allylic oxidation sites excluding steroid dienone is 2. The zero-order valence-electron chi connectivity index (χ0n) is 13.1. The van der Waals surface area contributed by atoms with E-state index in [1.807, 2.05) is 0 Å². The van der Waals surface area contributed by atoms with Crippen molar-refractivity contribution < 1.29 is 19.1 Å². The first kappa shape index (κ1) is 16.5. The van der Waals surface area contributed by atoms with Gasteiger partial charge in [-0.3, -0.25) is 19.3 Å². The standard InChI is InChI=1S/C17H17ClN2O4/c1-24-12-5-3-11(4-6-12)19-15(21)9-20-16(22)13-7-2-10(18)8-14(13)17(20)23/h2-6,13-14H,7-9H2,1H3,(H,19,21)/t13-,14-/m0/s1. The van der Waals surface area contributed by atoms with E-state index in [1.165, 1.54) is 0 Å². The van der Waals surface area contributed by atoms with Gasteiger partial charge in [0.15, 0.2) is 0 Å². The van der Waals surface area contributed by atoms with Gasteiger partial charge < -0.3 is 10.1 Å². The van der Waals surface area contributed by atoms with E-state index in [0.29, 0.717) is 29.3 Å². The second-order valence-electron chi connectivity index (χ2n) is 5.84. The molecule has 0 saturated carbocycles. The molecule has 0 aromatic heterocycles. The van der Waals surface area contributed by atoms with Crippen molar-refractivity contribution >= 4 is 35.0 Å². The molecule has 1 saturated heterocycles. The first-order valence-electron chi connectivity index (χ1n) is 7.63. The number of likely N-dealkylation sites (tertiary alicyclic amines) is 1. The fraction of sp³-hybridized carbons (Fsp3) is 0.353. The Hall–Kier alpha value is -2.34. The molecule has 2 atom stereocenters. The van der Waals surface area contributed by atoms with Gasteiger partial charge >= 0.3 is 0 Å². The van der Waals surface area contributed by atoms with Crippen LogP contribution in [-0.2, 0) is 14.4 Å². The van der Waals surface area contributed by atoms with Gasteiger partial charge in [0.05, 0.1) is 18.9 Å². The number of fused-ring (bicyclic) bond motifs is 1. The van der Waals surface area contributed by atoms with Gasteiger partial charge in [-0.2, -0.15) is 0 Å². The third-order valence-electron chi connectivity index (χ3n) is 4.34. The molecular formula is C17H17ClN2O4. The number of hydrogen-bond acceptors (Lipinski definition) is 4. The van der Waals surface area contributed by atoms with Crippen LogP contribution in [-0.4, -0.2) is 36.3 Å². The van der Waals surface area contributed by atoms with Crippen molar-refractivity contribution in [1.82, 2.24) is 4.90 Å². The molecule has 1 aromatic rings. The van der Waals surface area contributed by atoms with Crippen molar-refractivity contribution in [2.75, 3.05) is 19.0 Å². The summed E-state index contributed by atoms with van der Waals surface area (Å²) in [7, 11) is 1.55. The van der Waals surface area contributed by atoms with Gasteiger partial charge in [-0.25, -0.2) is 0 Å². The number of anilines is 1. The van der Waals surface area contributed by atoms with E-state index in [0.717, 1.165) is 4.90 Å². The van der Waals surface area contributed by atoms with Crippen molar-refractivity contribution in [3.05, 3.63) is 35.4 Å². The number of benzene rings is 1. The molecule has 1 fully saturated rings. The molecule has 0 bridgehead atoms. The van der Waals surface area contributed by atoms with E-state index in [-0.39, 0.29) is 18.4 Å². The summed E-state index contributed by atoms with van der Waals surface area (Å²) in [6, 6.07) is 6.80. The summed E-state index contributed by atoms with van der Waals surface area (Å²) in [5.41, 5.74) is 0.571. The number of ether oxygens (including phenoxy) is 1. The highest BCUT2D eigenvalue weighted by Crippen LogP contribution is 2.38. The summed E-state index contributed by atoms with van der Waals surface area (Å²) in [6.07, 6.45) is 2.59. The number of amides is 3. The molecular weight excluding hydrogens is 332 g/mol. The van der Waals surface area contributed by atoms with E-state index in [2.05, 4.69) is 5.32 Å². The molecule has 0 radical (unpaired) electrons. The van der Waals surface area contributed by atoms with Crippen LogP contribution < -0.4 is 10.1 Å². The number of hydrogen-bond donors (Lipinski definition) is 1. The SMILES string of the molecule is COc1ccc(NC(=O)CN2C(=O)[C@H]3CC=C(Cl)C[C@@H]3C2=O)cc1. The number of rotatable bonds is 4. The predicted molar refractivity (Wildman–Crippen MR) is 88.5 cm³/mol. The van der Waals surface area contributed by atoms with Crippen LogP contribution in [0.3, 0.4) is 0 Å². The number of carbonyl (C=O) groups is 3. The summed E-state index contributed by atoms with van der Waals surface area (Å²) >= 11 is 5.97. The molecule has 0 unspecified atom stereocenters. The van der Waals surface area contributed by atoms with Crippen LogP contribution in [0.2, 0.25) is 0 Å². The molecule has 6 nitrogen and oxygen atoms in total. The van der Waals surface area contributed by atoms with Crippen molar-refractivity contribution in [2.45, 2.75) is 12.8 Å². The Labute approximate surface area is 144 Å². The summed E-state index contributed by atoms with van der Waals surface area (Å²) in [4.78, 5) is 37.9. The quantitative estimate of drug-likeness (QED) is 0.846. The monoisotopic (exact) mass is 348 g/mol. The second kappa shape index (κ2) is 6.65. The van der Waals surface area contributed by atoms with Crippen molar-refractivity contribution in [1.29, 1.82) is 0 Å². The average molecular weight is 349 g/mol. The molecule has 1 aliphatic heterocycles. The molecule has 2 aliphatic rings. The third-order valence-corrected chi connectivity index (χ3v) is 4.64. The first-order chi connectivity index (χ1) is 11.5. The zero-order valence-corrected chi connectivity index (χ0v) is 13.9. The van der Waals surface area contributed by atoms with Crippen LogP contribution in [0.5, 0.6) is 5.75 Å². The number of imide groups is 1. The second-order valence-corrected chi connectivity index (χ2v) is 6.33. The maximum absolute atomic E-state index is 12.4. The number of methoxy groups -OCH3 is 1. The lowest BCUT2D eigenvalue weighted by atomic mass is 9.85. The minimum absolute atomic E-state index is 0.283. The maximum Gasteiger partial charge on any atom is 0.244 e. The van der Waals surface area contributed by atoms with Crippen LogP contribution in [0.25, 0.3) is 0 Å². The van der Waals surface area contributed by atoms with Gasteiger partial charge in [0.1, 0.15) is 12.3 Å². The van der Waals surface area contributed by atoms with Crippen LogP contribution >= 0.6 is 11.6 Å². The molecule has 0 spiro atoms. The molecule has 1 aliphatic carbocycles. The maximum atomic E-state index is 12.4. The number of halogens is 1. The topological polar surface area (TPSA) is 75.7 Å². The molecule has 24 heavy (non-hydrogen) atoms. The lowest BCUT2D eigenvalue weighted by Gasteiger charge is -2.17. The van der Waals surface area contributed by atoms with Crippen molar-refractivity contribution in [2.24, 2.45) is 11.8 Å². The van der Waals surface area contributed by atoms with Crippen molar-refractivity contribution in [3.63, 3.8) is 0 Å². The number of nitrogens with one attached hydrogen (secondary N) is 1. The van der Waals surface area contributed by atoms with Gasteiger partial charge in [-0.15, -0.1) is 0 Å². The normalized spacial score (nSPS) is 22.9. The highest BCUT2D eigenvalue weighted by atomic mass is 35.5. The Balaban J connectivity index is 1.64. The highest BCUT2D eigenvalue weighted by Gasteiger charge is 2.48. The Bertz CT molecular complexity index is 714. The molecule has 3 amide bonds. The van der Waals surface area contributed by atoms with E-state index in [4.69, 9.17) is 16.3 Å². The fourth-order valence-electron chi connectivity index (χ4n) is 3.07.